The summed E-state index contributed by atoms with van der Waals surface area (Å²) in [7, 11) is 3.55. The Bertz CT molecular complexity index is 402. The Kier molecular flexibility index (Phi) is 4.96. The van der Waals surface area contributed by atoms with Gasteiger partial charge in [0.1, 0.15) is 18.2 Å². The number of aromatic nitrogens is 2. The van der Waals surface area contributed by atoms with E-state index >= 15 is 0 Å². The first-order valence-corrected chi connectivity index (χ1v) is 7.06. The van der Waals surface area contributed by atoms with Crippen LogP contribution >= 0.6 is 0 Å². The lowest BCUT2D eigenvalue weighted by atomic mass is 9.94. The number of nitrogens with zero attached hydrogens (tertiary/aromatic N) is 3. The zero-order valence-electron chi connectivity index (χ0n) is 12.1. The monoisotopic (exact) mass is 264 g/mol. The third-order valence-electron chi connectivity index (χ3n) is 3.80. The highest BCUT2D eigenvalue weighted by molar-refractivity contribution is 5.49. The van der Waals surface area contributed by atoms with Gasteiger partial charge >= 0.3 is 0 Å². The Morgan fingerprint density at radius 1 is 1.37 bits per heavy atom. The van der Waals surface area contributed by atoms with Gasteiger partial charge in [-0.25, -0.2) is 9.97 Å². The molecule has 0 aromatic carbocycles. The average Bonchev–Trinajstić information content (AvgIpc) is 2.47. The van der Waals surface area contributed by atoms with Crippen LogP contribution in [0.5, 0.6) is 0 Å². The third-order valence-corrected chi connectivity index (χ3v) is 3.80. The Hall–Kier alpha value is -1.36. The minimum atomic E-state index is 0.452. The number of rotatable bonds is 5. The van der Waals surface area contributed by atoms with Crippen LogP contribution in [-0.2, 0) is 11.3 Å². The van der Waals surface area contributed by atoms with Crippen molar-refractivity contribution in [2.75, 3.05) is 37.5 Å². The van der Waals surface area contributed by atoms with Gasteiger partial charge in [0, 0.05) is 33.3 Å². The second kappa shape index (κ2) is 6.70. The standard InChI is InChI=1S/C14H24N4O/c1-4-11-5-7-18(8-6-11)14-9-12(15-2)16-13(17-14)10-19-3/h9,11H,4-8,10H2,1-3H3,(H,15,16,17). The summed E-state index contributed by atoms with van der Waals surface area (Å²) in [4.78, 5) is 11.3. The smallest absolute Gasteiger partial charge is 0.158 e. The van der Waals surface area contributed by atoms with Crippen LogP contribution in [0.15, 0.2) is 6.07 Å². The Morgan fingerprint density at radius 3 is 2.68 bits per heavy atom. The Morgan fingerprint density at radius 2 is 2.11 bits per heavy atom. The predicted octanol–water partition coefficient (Wildman–Crippen LogP) is 2.29. The van der Waals surface area contributed by atoms with Gasteiger partial charge < -0.3 is 15.0 Å². The van der Waals surface area contributed by atoms with Crippen LogP contribution in [0, 0.1) is 5.92 Å². The number of nitrogens with one attached hydrogen (secondary N) is 1. The van der Waals surface area contributed by atoms with E-state index in [1.807, 2.05) is 13.1 Å². The summed E-state index contributed by atoms with van der Waals surface area (Å²) < 4.78 is 5.13. The molecular formula is C14H24N4O. The lowest BCUT2D eigenvalue weighted by Crippen LogP contribution is -2.34. The largest absolute Gasteiger partial charge is 0.377 e. The third kappa shape index (κ3) is 3.56. The maximum absolute atomic E-state index is 5.13. The fraction of sp³-hybridized carbons (Fsp3) is 0.714. The van der Waals surface area contributed by atoms with E-state index in [2.05, 4.69) is 27.1 Å². The SMILES string of the molecule is CCC1CCN(c2cc(NC)nc(COC)n2)CC1. The number of methoxy groups -OCH3 is 1. The van der Waals surface area contributed by atoms with E-state index in [4.69, 9.17) is 4.74 Å². The molecule has 5 heteroatoms. The van der Waals surface area contributed by atoms with Crippen LogP contribution in [0.25, 0.3) is 0 Å². The van der Waals surface area contributed by atoms with Crippen LogP contribution < -0.4 is 10.2 Å². The van der Waals surface area contributed by atoms with Crippen molar-refractivity contribution >= 4 is 11.6 Å². The molecule has 1 fully saturated rings. The molecular weight excluding hydrogens is 240 g/mol. The summed E-state index contributed by atoms with van der Waals surface area (Å²) >= 11 is 0. The van der Waals surface area contributed by atoms with Crippen LogP contribution in [0.3, 0.4) is 0 Å². The van der Waals surface area contributed by atoms with Gasteiger partial charge in [0.2, 0.25) is 0 Å². The van der Waals surface area contributed by atoms with Crippen molar-refractivity contribution in [1.29, 1.82) is 0 Å². The van der Waals surface area contributed by atoms with Gasteiger partial charge in [-0.15, -0.1) is 0 Å². The molecule has 1 aromatic heterocycles. The molecule has 5 nitrogen and oxygen atoms in total. The van der Waals surface area contributed by atoms with Gasteiger partial charge in [0.25, 0.3) is 0 Å². The molecule has 0 aliphatic carbocycles. The van der Waals surface area contributed by atoms with E-state index < -0.39 is 0 Å². The van der Waals surface area contributed by atoms with Crippen LogP contribution in [0.4, 0.5) is 11.6 Å². The summed E-state index contributed by atoms with van der Waals surface area (Å²) in [6, 6.07) is 2.02. The van der Waals surface area contributed by atoms with Crippen LogP contribution in [0.1, 0.15) is 32.0 Å². The molecule has 0 atom stereocenters. The number of piperidine rings is 1. The van der Waals surface area contributed by atoms with Crippen molar-refractivity contribution in [2.24, 2.45) is 5.92 Å². The highest BCUT2D eigenvalue weighted by Gasteiger charge is 2.19. The zero-order valence-corrected chi connectivity index (χ0v) is 12.1. The summed E-state index contributed by atoms with van der Waals surface area (Å²) in [5, 5.41) is 3.09. The van der Waals surface area contributed by atoms with E-state index in [-0.39, 0.29) is 0 Å². The molecule has 0 bridgehead atoms. The molecule has 106 valence electrons. The molecule has 1 saturated heterocycles. The van der Waals surface area contributed by atoms with E-state index in [0.717, 1.165) is 36.5 Å². The molecule has 0 saturated carbocycles. The quantitative estimate of drug-likeness (QED) is 0.884. The van der Waals surface area contributed by atoms with E-state index in [0.29, 0.717) is 6.61 Å². The van der Waals surface area contributed by atoms with E-state index in [1.165, 1.54) is 19.3 Å². The fourth-order valence-electron chi connectivity index (χ4n) is 2.54. The van der Waals surface area contributed by atoms with Crippen LogP contribution in [-0.4, -0.2) is 37.2 Å². The van der Waals surface area contributed by atoms with Crippen molar-refractivity contribution < 1.29 is 4.74 Å². The van der Waals surface area contributed by atoms with Crippen molar-refractivity contribution in [3.05, 3.63) is 11.9 Å². The number of ether oxygens (including phenoxy) is 1. The van der Waals surface area contributed by atoms with E-state index in [9.17, 15) is 0 Å². The summed E-state index contributed by atoms with van der Waals surface area (Å²) in [5.41, 5.74) is 0. The molecule has 19 heavy (non-hydrogen) atoms. The first-order valence-electron chi connectivity index (χ1n) is 7.06. The topological polar surface area (TPSA) is 50.3 Å². The molecule has 0 spiro atoms. The molecule has 2 rings (SSSR count). The average molecular weight is 264 g/mol. The lowest BCUT2D eigenvalue weighted by molar-refractivity contribution is 0.178. The molecule has 2 heterocycles. The Labute approximate surface area is 115 Å². The maximum Gasteiger partial charge on any atom is 0.158 e. The van der Waals surface area contributed by atoms with Gasteiger partial charge in [0.15, 0.2) is 5.82 Å². The van der Waals surface area contributed by atoms with Crippen molar-refractivity contribution in [3.8, 4) is 0 Å². The lowest BCUT2D eigenvalue weighted by Gasteiger charge is -2.32. The second-order valence-electron chi connectivity index (χ2n) is 5.05. The zero-order chi connectivity index (χ0) is 13.7. The molecule has 1 aliphatic rings. The number of hydrogen-bond donors (Lipinski definition) is 1. The Balaban J connectivity index is 2.12. The molecule has 0 radical (unpaired) electrons. The summed E-state index contributed by atoms with van der Waals surface area (Å²) in [6.07, 6.45) is 3.80. The van der Waals surface area contributed by atoms with Crippen molar-refractivity contribution in [2.45, 2.75) is 32.8 Å². The first kappa shape index (κ1) is 14.1. The van der Waals surface area contributed by atoms with Crippen molar-refractivity contribution in [1.82, 2.24) is 9.97 Å². The van der Waals surface area contributed by atoms with Crippen molar-refractivity contribution in [3.63, 3.8) is 0 Å². The van der Waals surface area contributed by atoms with Crippen LogP contribution in [0.2, 0.25) is 0 Å². The van der Waals surface area contributed by atoms with Gasteiger partial charge in [-0.1, -0.05) is 13.3 Å². The summed E-state index contributed by atoms with van der Waals surface area (Å²) in [6.45, 7) is 4.91. The highest BCUT2D eigenvalue weighted by Crippen LogP contribution is 2.25. The highest BCUT2D eigenvalue weighted by atomic mass is 16.5. The minimum absolute atomic E-state index is 0.452. The van der Waals surface area contributed by atoms with Gasteiger partial charge in [0.05, 0.1) is 0 Å². The molecule has 0 unspecified atom stereocenters. The normalized spacial score (nSPS) is 16.7. The summed E-state index contributed by atoms with van der Waals surface area (Å²) in [5.74, 6) is 3.48. The predicted molar refractivity (Wildman–Crippen MR) is 77.5 cm³/mol. The number of hydrogen-bond acceptors (Lipinski definition) is 5. The number of anilines is 2. The van der Waals surface area contributed by atoms with Gasteiger partial charge in [-0.2, -0.15) is 0 Å². The molecule has 1 N–H and O–H groups in total. The first-order chi connectivity index (χ1) is 9.26. The van der Waals surface area contributed by atoms with Gasteiger partial charge in [-0.05, 0) is 18.8 Å². The fourth-order valence-corrected chi connectivity index (χ4v) is 2.54. The molecule has 0 amide bonds. The molecule has 1 aliphatic heterocycles. The van der Waals surface area contributed by atoms with E-state index in [1.54, 1.807) is 7.11 Å². The second-order valence-corrected chi connectivity index (χ2v) is 5.05. The van der Waals surface area contributed by atoms with Gasteiger partial charge in [-0.3, -0.25) is 0 Å². The maximum atomic E-state index is 5.13. The minimum Gasteiger partial charge on any atom is -0.377 e. The molecule has 1 aromatic rings.